The lowest BCUT2D eigenvalue weighted by atomic mass is 9.98. The number of amides is 2. The van der Waals surface area contributed by atoms with Gasteiger partial charge in [-0.3, -0.25) is 10.2 Å². The Morgan fingerprint density at radius 1 is 1.10 bits per heavy atom. The maximum absolute atomic E-state index is 11.5. The van der Waals surface area contributed by atoms with Crippen molar-refractivity contribution in [1.82, 2.24) is 10.0 Å². The summed E-state index contributed by atoms with van der Waals surface area (Å²) in [6.07, 6.45) is 1.52. The van der Waals surface area contributed by atoms with Crippen LogP contribution < -0.4 is 15.6 Å². The van der Waals surface area contributed by atoms with Gasteiger partial charge in [-0.05, 0) is 53.6 Å². The number of hydrogen-bond donors (Lipinski definition) is 3. The van der Waals surface area contributed by atoms with Gasteiger partial charge >= 0.3 is 6.03 Å². The van der Waals surface area contributed by atoms with Gasteiger partial charge in [-0.1, -0.05) is 12.1 Å². The molecule has 0 aliphatic carbocycles. The number of ether oxygens (including phenoxy) is 1. The van der Waals surface area contributed by atoms with E-state index in [4.69, 9.17) is 15.6 Å². The summed E-state index contributed by atoms with van der Waals surface area (Å²) in [7, 11) is -2.26. The highest BCUT2D eigenvalue weighted by atomic mass is 32.2. The molecule has 0 saturated carbocycles. The Hall–Kier alpha value is -3.47. The Kier molecular flexibility index (Phi) is 6.01. The van der Waals surface area contributed by atoms with Gasteiger partial charge in [0, 0.05) is 17.3 Å². The number of rotatable bonds is 6. The summed E-state index contributed by atoms with van der Waals surface area (Å²) in [5.41, 5.74) is 8.35. The van der Waals surface area contributed by atoms with Crippen LogP contribution in [0.1, 0.15) is 5.56 Å². The molecule has 0 atom stereocenters. The van der Waals surface area contributed by atoms with Crippen LogP contribution in [-0.4, -0.2) is 36.8 Å². The van der Waals surface area contributed by atoms with Crippen LogP contribution in [0.25, 0.3) is 22.4 Å². The van der Waals surface area contributed by atoms with E-state index in [0.29, 0.717) is 33.2 Å². The molecular weight excluding hydrogens is 408 g/mol. The number of nitrogens with two attached hydrogens (primary N) is 2. The van der Waals surface area contributed by atoms with Crippen molar-refractivity contribution in [2.24, 2.45) is 10.9 Å². The second-order valence-corrected chi connectivity index (χ2v) is 7.99. The fourth-order valence-corrected chi connectivity index (χ4v) is 3.38. The first-order valence-electron chi connectivity index (χ1n) is 8.71. The molecular formula is C20H20N4O5S. The van der Waals surface area contributed by atoms with E-state index in [9.17, 15) is 18.4 Å². The van der Waals surface area contributed by atoms with Crippen molar-refractivity contribution in [2.75, 3.05) is 7.11 Å². The number of primary sulfonamides is 1. The van der Waals surface area contributed by atoms with Gasteiger partial charge < -0.3 is 10.5 Å². The molecule has 9 nitrogen and oxygen atoms in total. The monoisotopic (exact) mass is 428 g/mol. The molecule has 0 saturated heterocycles. The third-order valence-corrected chi connectivity index (χ3v) is 5.32. The molecule has 156 valence electrons. The molecule has 1 heterocycles. The SMILES string of the molecule is COc1ccc(-c2ncc(CN(O)C(N)=O)cc2-c2ccc(S(N)(=O)=O)cc2)cc1. The van der Waals surface area contributed by atoms with Crippen molar-refractivity contribution >= 4 is 16.1 Å². The molecule has 0 bridgehead atoms. The van der Waals surface area contributed by atoms with Crippen molar-refractivity contribution in [3.8, 4) is 28.1 Å². The first kappa shape index (κ1) is 21.2. The summed E-state index contributed by atoms with van der Waals surface area (Å²) in [5.74, 6) is 0.687. The molecule has 0 radical (unpaired) electrons. The maximum atomic E-state index is 11.5. The zero-order chi connectivity index (χ0) is 21.9. The van der Waals surface area contributed by atoms with E-state index < -0.39 is 16.1 Å². The molecule has 0 unspecified atom stereocenters. The minimum Gasteiger partial charge on any atom is -0.497 e. The molecule has 1 aromatic heterocycles. The number of urea groups is 1. The average molecular weight is 428 g/mol. The molecule has 0 aliphatic rings. The van der Waals surface area contributed by atoms with Crippen LogP contribution in [0.4, 0.5) is 4.79 Å². The fraction of sp³-hybridized carbons (Fsp3) is 0.100. The van der Waals surface area contributed by atoms with Crippen molar-refractivity contribution < 1.29 is 23.2 Å². The third kappa shape index (κ3) is 4.74. The lowest BCUT2D eigenvalue weighted by Crippen LogP contribution is -2.32. The second kappa shape index (κ2) is 8.49. The van der Waals surface area contributed by atoms with Crippen LogP contribution in [0.3, 0.4) is 0 Å². The lowest BCUT2D eigenvalue weighted by Gasteiger charge is -2.15. The Morgan fingerprint density at radius 3 is 2.23 bits per heavy atom. The van der Waals surface area contributed by atoms with Gasteiger partial charge in [0.05, 0.1) is 24.2 Å². The van der Waals surface area contributed by atoms with Gasteiger partial charge in [0.1, 0.15) is 5.75 Å². The van der Waals surface area contributed by atoms with Gasteiger partial charge in [-0.25, -0.2) is 23.4 Å². The van der Waals surface area contributed by atoms with Gasteiger partial charge in [0.25, 0.3) is 0 Å². The fourth-order valence-electron chi connectivity index (χ4n) is 2.87. The first-order chi connectivity index (χ1) is 14.2. The summed E-state index contributed by atoms with van der Waals surface area (Å²) in [5, 5.41) is 15.2. The number of methoxy groups -OCH3 is 1. The smallest absolute Gasteiger partial charge is 0.338 e. The van der Waals surface area contributed by atoms with Crippen molar-refractivity contribution in [3.05, 3.63) is 66.4 Å². The molecule has 10 heteroatoms. The molecule has 0 spiro atoms. The Bertz CT molecular complexity index is 1160. The van der Waals surface area contributed by atoms with Crippen LogP contribution in [0, 0.1) is 0 Å². The highest BCUT2D eigenvalue weighted by Crippen LogP contribution is 2.32. The third-order valence-electron chi connectivity index (χ3n) is 4.39. The summed E-state index contributed by atoms with van der Waals surface area (Å²) in [4.78, 5) is 15.6. The van der Waals surface area contributed by atoms with Crippen molar-refractivity contribution in [2.45, 2.75) is 11.4 Å². The summed E-state index contributed by atoms with van der Waals surface area (Å²) in [6, 6.07) is 14.0. The number of carbonyl (C=O) groups is 1. The highest BCUT2D eigenvalue weighted by Gasteiger charge is 2.15. The van der Waals surface area contributed by atoms with Gasteiger partial charge in [0.15, 0.2) is 0 Å². The van der Waals surface area contributed by atoms with Crippen LogP contribution in [0.15, 0.2) is 65.7 Å². The van der Waals surface area contributed by atoms with Gasteiger partial charge in [-0.2, -0.15) is 0 Å². The standard InChI is InChI=1S/C20H20N4O5S/c1-29-16-6-2-15(3-7-16)19-18(10-13(11-23-19)12-24(26)20(21)25)14-4-8-17(9-5-14)30(22,27)28/h2-11,26H,12H2,1H3,(H2,21,25)(H2,22,27,28). The van der Waals surface area contributed by atoms with Gasteiger partial charge in [-0.15, -0.1) is 0 Å². The van der Waals surface area contributed by atoms with E-state index in [0.717, 1.165) is 5.56 Å². The van der Waals surface area contributed by atoms with E-state index in [1.165, 1.54) is 18.3 Å². The van der Waals surface area contributed by atoms with E-state index in [1.54, 1.807) is 37.4 Å². The quantitative estimate of drug-likeness (QED) is 0.405. The number of aromatic nitrogens is 1. The van der Waals surface area contributed by atoms with E-state index in [-0.39, 0.29) is 11.4 Å². The zero-order valence-electron chi connectivity index (χ0n) is 16.0. The van der Waals surface area contributed by atoms with E-state index >= 15 is 0 Å². The molecule has 0 fully saturated rings. The summed E-state index contributed by atoms with van der Waals surface area (Å²) < 4.78 is 28.3. The number of benzene rings is 2. The van der Waals surface area contributed by atoms with Crippen molar-refractivity contribution in [1.29, 1.82) is 0 Å². The summed E-state index contributed by atoms with van der Waals surface area (Å²) in [6.45, 7) is -0.159. The highest BCUT2D eigenvalue weighted by molar-refractivity contribution is 7.89. The zero-order valence-corrected chi connectivity index (χ0v) is 16.8. The Morgan fingerprint density at radius 2 is 1.70 bits per heavy atom. The number of sulfonamides is 1. The van der Waals surface area contributed by atoms with Crippen LogP contribution in [0.2, 0.25) is 0 Å². The summed E-state index contributed by atoms with van der Waals surface area (Å²) >= 11 is 0. The number of carbonyl (C=O) groups excluding carboxylic acids is 1. The molecule has 2 aromatic carbocycles. The number of hydroxylamine groups is 2. The molecule has 0 aliphatic heterocycles. The normalized spacial score (nSPS) is 11.2. The van der Waals surface area contributed by atoms with Crippen LogP contribution in [0.5, 0.6) is 5.75 Å². The Labute approximate surface area is 173 Å². The first-order valence-corrected chi connectivity index (χ1v) is 10.3. The topological polar surface area (TPSA) is 149 Å². The molecule has 2 amide bonds. The predicted molar refractivity (Wildman–Crippen MR) is 110 cm³/mol. The van der Waals surface area contributed by atoms with Crippen molar-refractivity contribution in [3.63, 3.8) is 0 Å². The number of pyridine rings is 1. The largest absolute Gasteiger partial charge is 0.497 e. The number of nitrogens with zero attached hydrogens (tertiary/aromatic N) is 2. The van der Waals surface area contributed by atoms with E-state index in [1.807, 2.05) is 12.1 Å². The minimum atomic E-state index is -3.83. The number of primary amides is 1. The predicted octanol–water partition coefficient (Wildman–Crippen LogP) is 2.34. The second-order valence-electron chi connectivity index (χ2n) is 6.43. The van der Waals surface area contributed by atoms with Gasteiger partial charge in [0.2, 0.25) is 10.0 Å². The van der Waals surface area contributed by atoms with Crippen LogP contribution >= 0.6 is 0 Å². The van der Waals surface area contributed by atoms with E-state index in [2.05, 4.69) is 4.98 Å². The molecule has 3 rings (SSSR count). The lowest BCUT2D eigenvalue weighted by molar-refractivity contribution is -0.0471. The number of hydrogen-bond acceptors (Lipinski definition) is 6. The molecule has 30 heavy (non-hydrogen) atoms. The Balaban J connectivity index is 2.11. The maximum Gasteiger partial charge on any atom is 0.338 e. The average Bonchev–Trinajstić information content (AvgIpc) is 2.73. The van der Waals surface area contributed by atoms with Crippen LogP contribution in [-0.2, 0) is 16.6 Å². The molecule has 5 N–H and O–H groups in total. The minimum absolute atomic E-state index is 0.0170. The molecule has 3 aromatic rings.